The molecule has 1 N–H and O–H groups in total. The Balaban J connectivity index is 2.26. The van der Waals surface area contributed by atoms with E-state index >= 15 is 0 Å². The number of hydrogen-bond donors (Lipinski definition) is 1. The number of carbonyl (C=O) groups is 1. The molecule has 1 atom stereocenters. The van der Waals surface area contributed by atoms with Crippen LogP contribution in [0.5, 0.6) is 5.75 Å². The molecule has 0 bridgehead atoms. The minimum absolute atomic E-state index is 0.112. The summed E-state index contributed by atoms with van der Waals surface area (Å²) < 4.78 is 5.33. The van der Waals surface area contributed by atoms with Crippen molar-refractivity contribution in [3.05, 3.63) is 29.8 Å². The van der Waals surface area contributed by atoms with Gasteiger partial charge in [-0.25, -0.2) is 0 Å². The molecule has 0 aliphatic rings. The van der Waals surface area contributed by atoms with Crippen molar-refractivity contribution in [2.75, 3.05) is 6.61 Å². The molecule has 0 aromatic heterocycles. The first-order valence-electron chi connectivity index (χ1n) is 7.50. The van der Waals surface area contributed by atoms with Gasteiger partial charge in [-0.15, -0.1) is 0 Å². The Morgan fingerprint density at radius 3 is 2.90 bits per heavy atom. The molecule has 1 rings (SSSR count). The minimum Gasteiger partial charge on any atom is -0.507 e. The summed E-state index contributed by atoms with van der Waals surface area (Å²) in [5, 5.41) is 9.30. The number of aryl methyl sites for hydroxylation is 1. The zero-order chi connectivity index (χ0) is 14.8. The van der Waals surface area contributed by atoms with E-state index in [4.69, 9.17) is 4.74 Å². The molecule has 1 unspecified atom stereocenters. The van der Waals surface area contributed by atoms with Gasteiger partial charge in [0, 0.05) is 12.5 Å². The van der Waals surface area contributed by atoms with E-state index < -0.39 is 0 Å². The van der Waals surface area contributed by atoms with Crippen LogP contribution in [0.1, 0.15) is 51.5 Å². The fraction of sp³-hybridized carbons (Fsp3) is 0.588. The molecule has 1 aromatic carbocycles. The second kappa shape index (κ2) is 9.40. The molecule has 0 aliphatic heterocycles. The Bertz CT molecular complexity index is 401. The normalized spacial score (nSPS) is 12.1. The summed E-state index contributed by atoms with van der Waals surface area (Å²) in [5.74, 6) is 0.433. The maximum atomic E-state index is 11.7. The zero-order valence-electron chi connectivity index (χ0n) is 12.5. The standard InChI is InChI=1S/C17H25O3/c1-3-5-7-14(4-2)13-20-17(19)11-10-15-8-6-9-16(18)12-15/h6,8,12,14,18H,3-5,7,10-11,13H2,1-2H3. The molecule has 0 fully saturated rings. The maximum Gasteiger partial charge on any atom is 0.306 e. The summed E-state index contributed by atoms with van der Waals surface area (Å²) >= 11 is 0. The number of unbranched alkanes of at least 4 members (excludes halogenated alkanes) is 1. The third-order valence-corrected chi connectivity index (χ3v) is 3.49. The predicted octanol–water partition coefficient (Wildman–Crippen LogP) is 3.88. The number of rotatable bonds is 9. The van der Waals surface area contributed by atoms with E-state index in [1.54, 1.807) is 12.1 Å². The van der Waals surface area contributed by atoms with Gasteiger partial charge in [0.2, 0.25) is 0 Å². The minimum atomic E-state index is -0.160. The molecule has 111 valence electrons. The van der Waals surface area contributed by atoms with Gasteiger partial charge in [-0.3, -0.25) is 4.79 Å². The number of phenols is 1. The van der Waals surface area contributed by atoms with Gasteiger partial charge >= 0.3 is 5.97 Å². The Morgan fingerprint density at radius 2 is 2.25 bits per heavy atom. The highest BCUT2D eigenvalue weighted by molar-refractivity contribution is 5.69. The molecule has 0 spiro atoms. The van der Waals surface area contributed by atoms with Crippen LogP contribution in [0.2, 0.25) is 0 Å². The van der Waals surface area contributed by atoms with Crippen molar-refractivity contribution in [3.8, 4) is 5.75 Å². The summed E-state index contributed by atoms with van der Waals surface area (Å²) in [5.41, 5.74) is 0.927. The van der Waals surface area contributed by atoms with Crippen molar-refractivity contribution >= 4 is 5.97 Å². The highest BCUT2D eigenvalue weighted by atomic mass is 16.5. The van der Waals surface area contributed by atoms with Crippen molar-refractivity contribution in [2.24, 2.45) is 5.92 Å². The smallest absolute Gasteiger partial charge is 0.306 e. The number of esters is 1. The Morgan fingerprint density at radius 1 is 1.45 bits per heavy atom. The average molecular weight is 277 g/mol. The van der Waals surface area contributed by atoms with E-state index in [1.165, 1.54) is 12.8 Å². The number of hydrogen-bond acceptors (Lipinski definition) is 3. The molecule has 1 aromatic rings. The van der Waals surface area contributed by atoms with E-state index in [2.05, 4.69) is 19.9 Å². The first-order chi connectivity index (χ1) is 9.65. The van der Waals surface area contributed by atoms with Crippen molar-refractivity contribution in [3.63, 3.8) is 0 Å². The molecular weight excluding hydrogens is 252 g/mol. The fourth-order valence-electron chi connectivity index (χ4n) is 2.08. The van der Waals surface area contributed by atoms with Crippen LogP contribution in [0.25, 0.3) is 0 Å². The average Bonchev–Trinajstić information content (AvgIpc) is 2.45. The number of ether oxygens (including phenoxy) is 1. The number of carbonyl (C=O) groups excluding carboxylic acids is 1. The SMILES string of the molecule is CCCCC(CC)COC(=O)CCc1cc[c]c(O)c1. The van der Waals surface area contributed by atoms with Crippen LogP contribution in [-0.4, -0.2) is 17.7 Å². The van der Waals surface area contributed by atoms with Crippen LogP contribution in [0, 0.1) is 12.0 Å². The van der Waals surface area contributed by atoms with E-state index in [0.717, 1.165) is 18.4 Å². The largest absolute Gasteiger partial charge is 0.507 e. The van der Waals surface area contributed by atoms with Gasteiger partial charge in [0.25, 0.3) is 0 Å². The summed E-state index contributed by atoms with van der Waals surface area (Å²) in [6.45, 7) is 4.84. The van der Waals surface area contributed by atoms with Crippen LogP contribution < -0.4 is 0 Å². The van der Waals surface area contributed by atoms with Gasteiger partial charge in [-0.1, -0.05) is 45.2 Å². The summed E-state index contributed by atoms with van der Waals surface area (Å²) in [6.07, 6.45) is 5.49. The molecule has 0 amide bonds. The lowest BCUT2D eigenvalue weighted by molar-refractivity contribution is -0.145. The molecule has 0 saturated carbocycles. The highest BCUT2D eigenvalue weighted by Crippen LogP contribution is 2.14. The summed E-state index contributed by atoms with van der Waals surface area (Å²) in [6, 6.07) is 7.81. The summed E-state index contributed by atoms with van der Waals surface area (Å²) in [4.78, 5) is 11.7. The van der Waals surface area contributed by atoms with Gasteiger partial charge < -0.3 is 9.84 Å². The number of benzene rings is 1. The van der Waals surface area contributed by atoms with Crippen molar-refractivity contribution in [2.45, 2.75) is 52.4 Å². The van der Waals surface area contributed by atoms with E-state index in [-0.39, 0.29) is 11.7 Å². The Hall–Kier alpha value is -1.51. The van der Waals surface area contributed by atoms with Crippen LogP contribution in [0.4, 0.5) is 0 Å². The molecule has 0 saturated heterocycles. The third-order valence-electron chi connectivity index (χ3n) is 3.49. The Kier molecular flexibility index (Phi) is 7.78. The lowest BCUT2D eigenvalue weighted by Crippen LogP contribution is -2.14. The second-order valence-corrected chi connectivity index (χ2v) is 5.18. The lowest BCUT2D eigenvalue weighted by Gasteiger charge is -2.14. The molecule has 0 heterocycles. The van der Waals surface area contributed by atoms with Crippen molar-refractivity contribution in [1.82, 2.24) is 0 Å². The van der Waals surface area contributed by atoms with Gasteiger partial charge in [0.1, 0.15) is 5.75 Å². The van der Waals surface area contributed by atoms with Crippen molar-refractivity contribution < 1.29 is 14.6 Å². The molecule has 3 heteroatoms. The number of phenolic OH excluding ortho intramolecular Hbond substituents is 1. The van der Waals surface area contributed by atoms with Gasteiger partial charge in [-0.05, 0) is 30.4 Å². The van der Waals surface area contributed by atoms with Crippen LogP contribution in [0.15, 0.2) is 18.2 Å². The lowest BCUT2D eigenvalue weighted by atomic mass is 10.0. The van der Waals surface area contributed by atoms with E-state index in [0.29, 0.717) is 25.4 Å². The van der Waals surface area contributed by atoms with Crippen LogP contribution in [-0.2, 0) is 16.0 Å². The van der Waals surface area contributed by atoms with Crippen molar-refractivity contribution in [1.29, 1.82) is 0 Å². The van der Waals surface area contributed by atoms with Crippen LogP contribution >= 0.6 is 0 Å². The highest BCUT2D eigenvalue weighted by Gasteiger charge is 2.10. The molecule has 0 aliphatic carbocycles. The first-order valence-corrected chi connectivity index (χ1v) is 7.50. The third kappa shape index (κ3) is 6.60. The molecule has 3 nitrogen and oxygen atoms in total. The monoisotopic (exact) mass is 277 g/mol. The van der Waals surface area contributed by atoms with Crippen LogP contribution in [0.3, 0.4) is 0 Å². The summed E-state index contributed by atoms with van der Waals surface area (Å²) in [7, 11) is 0. The maximum absolute atomic E-state index is 11.7. The van der Waals surface area contributed by atoms with E-state index in [9.17, 15) is 9.90 Å². The first kappa shape index (κ1) is 16.5. The molecule has 1 radical (unpaired) electrons. The topological polar surface area (TPSA) is 46.5 Å². The fourth-order valence-corrected chi connectivity index (χ4v) is 2.08. The number of aromatic hydroxyl groups is 1. The zero-order valence-corrected chi connectivity index (χ0v) is 12.5. The molecule has 20 heavy (non-hydrogen) atoms. The predicted molar refractivity (Wildman–Crippen MR) is 79.5 cm³/mol. The van der Waals surface area contributed by atoms with Gasteiger partial charge in [-0.2, -0.15) is 0 Å². The molecular formula is C17H25O3. The second-order valence-electron chi connectivity index (χ2n) is 5.18. The van der Waals surface area contributed by atoms with E-state index in [1.807, 2.05) is 6.07 Å². The van der Waals surface area contributed by atoms with Gasteiger partial charge in [0.15, 0.2) is 0 Å². The quantitative estimate of drug-likeness (QED) is 0.697. The van der Waals surface area contributed by atoms with Gasteiger partial charge in [0.05, 0.1) is 6.61 Å². The Labute approximate surface area is 122 Å².